The molecule has 5 aromatic rings. The number of aromatic nitrogens is 4. The molecule has 0 bridgehead atoms. The SMILES string of the molecule is COC(=O)N[C@H](C(=O)N1CCC[C@H]1c1nc2ccc(-c3csc4c(-c5cnc([C@@H]6CCCN6C(=O)OC(C)(C)C)[nH]5)csc34)cc2[nH]1)C(C)C. The summed E-state index contributed by atoms with van der Waals surface area (Å²) in [5, 5.41) is 7.07. The predicted molar refractivity (Wildman–Crippen MR) is 195 cm³/mol. The minimum absolute atomic E-state index is 0.0987. The number of rotatable bonds is 7. The van der Waals surface area contributed by atoms with Crippen molar-refractivity contribution in [2.45, 2.75) is 84.0 Å². The van der Waals surface area contributed by atoms with Crippen LogP contribution < -0.4 is 5.32 Å². The molecule has 0 unspecified atom stereocenters. The van der Waals surface area contributed by atoms with E-state index in [4.69, 9.17) is 19.4 Å². The molecule has 0 spiro atoms. The molecule has 4 aromatic heterocycles. The summed E-state index contributed by atoms with van der Waals surface area (Å²) >= 11 is 3.41. The van der Waals surface area contributed by atoms with Gasteiger partial charge >= 0.3 is 12.2 Å². The topological polar surface area (TPSA) is 146 Å². The molecule has 264 valence electrons. The van der Waals surface area contributed by atoms with E-state index in [1.165, 1.54) is 16.5 Å². The standard InChI is InChI=1S/C36H43N7O5S2/c1-19(2)28(41-34(45)47-6)33(44)42-13-7-10-27(42)32-38-23-12-11-20(15-24(23)39-32)21-17-49-30-22(18-50-29(21)30)25-16-37-31(40-25)26-9-8-14-43(26)35(46)48-36(3,4)5/h11-12,15-19,26-28H,7-10,13-14H2,1-6H3,(H,37,40)(H,38,39)(H,41,45)/t26-,27-,28-/m0/s1. The Hall–Kier alpha value is -4.43. The quantitative estimate of drug-likeness (QED) is 0.155. The highest BCUT2D eigenvalue weighted by molar-refractivity contribution is 7.27. The van der Waals surface area contributed by atoms with Gasteiger partial charge in [0.15, 0.2) is 0 Å². The number of carbonyl (C=O) groups is 3. The van der Waals surface area contributed by atoms with Gasteiger partial charge in [0.25, 0.3) is 0 Å². The van der Waals surface area contributed by atoms with E-state index in [-0.39, 0.29) is 30.0 Å². The molecule has 3 atom stereocenters. The monoisotopic (exact) mass is 717 g/mol. The van der Waals surface area contributed by atoms with Crippen LogP contribution in [-0.2, 0) is 14.3 Å². The number of nitrogens with one attached hydrogen (secondary N) is 3. The second-order valence-electron chi connectivity index (χ2n) is 14.4. The highest BCUT2D eigenvalue weighted by Crippen LogP contribution is 2.45. The Morgan fingerprint density at radius 1 is 0.960 bits per heavy atom. The zero-order chi connectivity index (χ0) is 35.3. The Bertz CT molecular complexity index is 2050. The van der Waals surface area contributed by atoms with Crippen molar-refractivity contribution in [1.82, 2.24) is 35.1 Å². The first kappa shape index (κ1) is 34.0. The van der Waals surface area contributed by atoms with Crippen LogP contribution in [0.2, 0.25) is 0 Å². The van der Waals surface area contributed by atoms with Crippen LogP contribution in [0.5, 0.6) is 0 Å². The molecule has 6 heterocycles. The van der Waals surface area contributed by atoms with E-state index >= 15 is 0 Å². The summed E-state index contributed by atoms with van der Waals surface area (Å²) < 4.78 is 12.8. The van der Waals surface area contributed by atoms with E-state index in [2.05, 4.69) is 38.2 Å². The molecule has 0 saturated carbocycles. The third-order valence-electron chi connectivity index (χ3n) is 9.42. The van der Waals surface area contributed by atoms with Gasteiger partial charge in [0.1, 0.15) is 23.3 Å². The van der Waals surface area contributed by atoms with E-state index in [1.54, 1.807) is 27.6 Å². The lowest BCUT2D eigenvalue weighted by atomic mass is 10.0. The van der Waals surface area contributed by atoms with Gasteiger partial charge in [0, 0.05) is 35.0 Å². The molecule has 2 aliphatic heterocycles. The fraction of sp³-hybridized carbons (Fsp3) is 0.472. The van der Waals surface area contributed by atoms with Gasteiger partial charge in [-0.25, -0.2) is 19.6 Å². The average Bonchev–Trinajstić information content (AvgIpc) is 3.90. The molecule has 2 saturated heterocycles. The van der Waals surface area contributed by atoms with E-state index < -0.39 is 17.7 Å². The lowest BCUT2D eigenvalue weighted by Gasteiger charge is -2.29. The number of thiophene rings is 2. The second-order valence-corrected chi connectivity index (χ2v) is 16.1. The van der Waals surface area contributed by atoms with Crippen molar-refractivity contribution in [1.29, 1.82) is 0 Å². The predicted octanol–water partition coefficient (Wildman–Crippen LogP) is 8.01. The second kappa shape index (κ2) is 13.4. The Kier molecular flexibility index (Phi) is 9.10. The highest BCUT2D eigenvalue weighted by Gasteiger charge is 2.38. The zero-order valence-electron chi connectivity index (χ0n) is 29.2. The van der Waals surface area contributed by atoms with Crippen LogP contribution in [0.15, 0.2) is 35.2 Å². The van der Waals surface area contributed by atoms with E-state index in [1.807, 2.05) is 51.8 Å². The van der Waals surface area contributed by atoms with Gasteiger partial charge in [-0.2, -0.15) is 0 Å². The molecular weight excluding hydrogens is 675 g/mol. The summed E-state index contributed by atoms with van der Waals surface area (Å²) in [6, 6.07) is 5.23. The number of ether oxygens (including phenoxy) is 2. The number of hydrogen-bond acceptors (Lipinski definition) is 9. The summed E-state index contributed by atoms with van der Waals surface area (Å²) in [7, 11) is 1.30. The minimum atomic E-state index is -0.682. The van der Waals surface area contributed by atoms with Crippen molar-refractivity contribution < 1.29 is 23.9 Å². The fourth-order valence-electron chi connectivity index (χ4n) is 6.99. The number of likely N-dealkylation sites (tertiary alicyclic amines) is 2. The van der Waals surface area contributed by atoms with Gasteiger partial charge in [0.2, 0.25) is 5.91 Å². The number of nitrogens with zero attached hydrogens (tertiary/aromatic N) is 4. The molecule has 50 heavy (non-hydrogen) atoms. The Morgan fingerprint density at radius 3 is 2.34 bits per heavy atom. The maximum absolute atomic E-state index is 13.6. The van der Waals surface area contributed by atoms with Crippen molar-refractivity contribution in [2.75, 3.05) is 20.2 Å². The van der Waals surface area contributed by atoms with E-state index in [9.17, 15) is 14.4 Å². The van der Waals surface area contributed by atoms with Crippen molar-refractivity contribution in [3.63, 3.8) is 0 Å². The van der Waals surface area contributed by atoms with Crippen LogP contribution in [0.4, 0.5) is 9.59 Å². The van der Waals surface area contributed by atoms with Crippen molar-refractivity contribution in [3.8, 4) is 22.4 Å². The number of carbonyl (C=O) groups excluding carboxylic acids is 3. The molecule has 1 aromatic carbocycles. The first-order valence-corrected chi connectivity index (χ1v) is 18.9. The third-order valence-corrected chi connectivity index (χ3v) is 11.6. The normalized spacial score (nSPS) is 18.8. The Morgan fingerprint density at radius 2 is 1.64 bits per heavy atom. The first-order chi connectivity index (χ1) is 23.9. The number of hydrogen-bond donors (Lipinski definition) is 3. The van der Waals surface area contributed by atoms with Crippen molar-refractivity contribution >= 4 is 61.2 Å². The van der Waals surface area contributed by atoms with E-state index in [0.717, 1.165) is 70.7 Å². The van der Waals surface area contributed by atoms with Crippen LogP contribution in [0.3, 0.4) is 0 Å². The van der Waals surface area contributed by atoms with Crippen LogP contribution >= 0.6 is 22.7 Å². The molecule has 3 amide bonds. The number of amides is 3. The third kappa shape index (κ3) is 6.46. The summed E-state index contributed by atoms with van der Waals surface area (Å²) in [6.07, 6.45) is 4.34. The van der Waals surface area contributed by atoms with Gasteiger partial charge in [-0.15, -0.1) is 22.7 Å². The number of alkyl carbamates (subject to hydrolysis) is 1. The summed E-state index contributed by atoms with van der Waals surface area (Å²) in [4.78, 5) is 58.8. The number of benzene rings is 1. The van der Waals surface area contributed by atoms with Crippen molar-refractivity contribution in [3.05, 3.63) is 46.8 Å². The Balaban J connectivity index is 1.11. The summed E-state index contributed by atoms with van der Waals surface area (Å²) in [5.41, 5.74) is 5.45. The molecular formula is C36H43N7O5S2. The van der Waals surface area contributed by atoms with Crippen LogP contribution in [0.1, 0.15) is 84.0 Å². The van der Waals surface area contributed by atoms with Crippen LogP contribution in [-0.4, -0.2) is 79.7 Å². The number of imidazole rings is 2. The van der Waals surface area contributed by atoms with Crippen LogP contribution in [0.25, 0.3) is 42.8 Å². The number of H-pyrrole nitrogens is 2. The Labute approximate surface area is 298 Å². The lowest BCUT2D eigenvalue weighted by Crippen LogP contribution is -2.51. The maximum Gasteiger partial charge on any atom is 0.410 e. The molecule has 7 rings (SSSR count). The average molecular weight is 718 g/mol. The first-order valence-electron chi connectivity index (χ1n) is 17.1. The molecule has 12 nitrogen and oxygen atoms in total. The highest BCUT2D eigenvalue weighted by atomic mass is 32.1. The zero-order valence-corrected chi connectivity index (χ0v) is 30.8. The van der Waals surface area contributed by atoms with Gasteiger partial charge in [-0.3, -0.25) is 9.69 Å². The van der Waals surface area contributed by atoms with Gasteiger partial charge < -0.3 is 29.7 Å². The molecule has 2 aliphatic rings. The van der Waals surface area contributed by atoms with Gasteiger partial charge in [0.05, 0.1) is 51.5 Å². The molecule has 3 N–H and O–H groups in total. The van der Waals surface area contributed by atoms with Crippen LogP contribution in [0, 0.1) is 5.92 Å². The number of aromatic amines is 2. The van der Waals surface area contributed by atoms with Gasteiger partial charge in [-0.1, -0.05) is 19.9 Å². The largest absolute Gasteiger partial charge is 0.453 e. The van der Waals surface area contributed by atoms with Gasteiger partial charge in [-0.05, 0) is 70.1 Å². The molecule has 2 fully saturated rings. The smallest absolute Gasteiger partial charge is 0.410 e. The van der Waals surface area contributed by atoms with E-state index in [0.29, 0.717) is 13.1 Å². The lowest BCUT2D eigenvalue weighted by molar-refractivity contribution is -0.135. The van der Waals surface area contributed by atoms with Crippen molar-refractivity contribution in [2.24, 2.45) is 5.92 Å². The molecule has 14 heteroatoms. The summed E-state index contributed by atoms with van der Waals surface area (Å²) in [5.74, 6) is 1.30. The minimum Gasteiger partial charge on any atom is -0.453 e. The number of fused-ring (bicyclic) bond motifs is 2. The fourth-order valence-corrected chi connectivity index (χ4v) is 9.43. The summed E-state index contributed by atoms with van der Waals surface area (Å²) in [6.45, 7) is 10.7. The number of methoxy groups -OCH3 is 1. The molecule has 0 radical (unpaired) electrons. The maximum atomic E-state index is 13.6. The molecule has 0 aliphatic carbocycles.